The van der Waals surface area contributed by atoms with Gasteiger partial charge in [0.05, 0.1) is 51.1 Å². The smallest absolute Gasteiger partial charge is 0.324 e. The number of piperidine rings is 2. The third kappa shape index (κ3) is 12.1. The molecular formula is C44H53ClF2N14O4S4. The highest BCUT2D eigenvalue weighted by Crippen LogP contribution is 2.33. The standard InChI is InChI=1S/C22H26FN7O2S2.C12H21N3O2.C10H6ClFN4S2/c1-12(2)19-26-20(32-28-19)29-9-7-14(8-10-29)13(3)31-22-27-30-11-16(24-21(30)34-22)15-5-6-17(33-4)25-18(15)23;1-8(2)11-13-12(17-14-11)15-6-4-10(5-7-15)9(3)16;1-17-7-3-2-5(8(12)14-7)6-4-16-10(13-6)18-9(11)15-16/h5-6,11-14H,7-10H2,1-4H3;8-10,16H,4-7H2,1-3H3;2-4H,1H3/t13-;9-;/m10./s1. The fourth-order valence-corrected chi connectivity index (χ4v) is 10.1. The van der Waals surface area contributed by atoms with E-state index in [0.717, 1.165) is 63.5 Å². The van der Waals surface area contributed by atoms with E-state index in [1.54, 1.807) is 41.2 Å². The molecule has 0 amide bonds. The van der Waals surface area contributed by atoms with Crippen LogP contribution in [0.15, 0.2) is 55.8 Å². The lowest BCUT2D eigenvalue weighted by Gasteiger charge is -2.33. The lowest BCUT2D eigenvalue weighted by molar-refractivity contribution is 0.109. The minimum atomic E-state index is -0.532. The van der Waals surface area contributed by atoms with Gasteiger partial charge in [-0.3, -0.25) is 0 Å². The lowest BCUT2D eigenvalue weighted by Crippen LogP contribution is -2.38. The molecule has 2 aliphatic heterocycles. The average molecular weight is 1040 g/mol. The zero-order valence-electron chi connectivity index (χ0n) is 39.3. The normalized spacial score (nSPS) is 15.7. The highest BCUT2D eigenvalue weighted by molar-refractivity contribution is 7.98. The second-order valence-corrected chi connectivity index (χ2v) is 21.3. The Morgan fingerprint density at radius 2 is 1.13 bits per heavy atom. The summed E-state index contributed by atoms with van der Waals surface area (Å²) in [6.07, 6.45) is 10.7. The van der Waals surface area contributed by atoms with Gasteiger partial charge in [-0.2, -0.15) is 18.7 Å². The first kappa shape index (κ1) is 50.4. The summed E-state index contributed by atoms with van der Waals surface area (Å²) in [4.78, 5) is 31.0. The molecule has 10 rings (SSSR count). The van der Waals surface area contributed by atoms with Gasteiger partial charge in [-0.05, 0) is 111 Å². The lowest BCUT2D eigenvalue weighted by atomic mass is 9.92. The predicted molar refractivity (Wildman–Crippen MR) is 265 cm³/mol. The second kappa shape index (κ2) is 22.4. The van der Waals surface area contributed by atoms with Crippen LogP contribution in [-0.2, 0) is 0 Å². The number of hydrogen-bond acceptors (Lipinski definition) is 20. The highest BCUT2D eigenvalue weighted by atomic mass is 35.5. The Morgan fingerprint density at radius 3 is 1.54 bits per heavy atom. The fraction of sp³-hybridized carbons (Fsp3) is 0.500. The van der Waals surface area contributed by atoms with Gasteiger partial charge in [0.25, 0.3) is 5.19 Å². The Kier molecular flexibility index (Phi) is 16.3. The van der Waals surface area contributed by atoms with Crippen LogP contribution in [0.5, 0.6) is 5.19 Å². The Bertz CT molecular complexity index is 2880. The molecule has 0 saturated carbocycles. The van der Waals surface area contributed by atoms with E-state index < -0.39 is 11.9 Å². The Hall–Kier alpha value is -5.01. The van der Waals surface area contributed by atoms with Gasteiger partial charge >= 0.3 is 12.0 Å². The molecule has 18 nitrogen and oxygen atoms in total. The maximum absolute atomic E-state index is 14.4. The number of rotatable bonds is 12. The first-order valence-electron chi connectivity index (χ1n) is 22.5. The van der Waals surface area contributed by atoms with E-state index in [0.29, 0.717) is 81.9 Å². The van der Waals surface area contributed by atoms with E-state index in [4.69, 9.17) is 25.4 Å². The van der Waals surface area contributed by atoms with Gasteiger partial charge in [-0.25, -0.2) is 29.0 Å². The molecule has 8 aromatic heterocycles. The summed E-state index contributed by atoms with van der Waals surface area (Å²) in [6, 6.07) is 8.14. The van der Waals surface area contributed by atoms with Crippen LogP contribution in [-0.4, -0.2) is 115 Å². The molecule has 0 aromatic carbocycles. The maximum Gasteiger partial charge on any atom is 0.324 e. The highest BCUT2D eigenvalue weighted by Gasteiger charge is 2.29. The summed E-state index contributed by atoms with van der Waals surface area (Å²) in [5.74, 6) is 1.77. The van der Waals surface area contributed by atoms with Crippen LogP contribution >= 0.6 is 57.8 Å². The molecule has 1 N–H and O–H groups in total. The van der Waals surface area contributed by atoms with Crippen molar-refractivity contribution in [2.24, 2.45) is 11.8 Å². The molecule has 0 spiro atoms. The summed E-state index contributed by atoms with van der Waals surface area (Å²) in [5.41, 5.74) is 1.73. The Balaban J connectivity index is 0.000000154. The van der Waals surface area contributed by atoms with Crippen molar-refractivity contribution in [2.45, 2.75) is 101 Å². The number of aliphatic hydroxyl groups excluding tert-OH is 1. The first-order chi connectivity index (χ1) is 33.2. The summed E-state index contributed by atoms with van der Waals surface area (Å²) in [5, 5.41) is 27.9. The van der Waals surface area contributed by atoms with Crippen molar-refractivity contribution in [2.75, 3.05) is 48.5 Å². The number of anilines is 2. The maximum atomic E-state index is 14.4. The topological polar surface area (TPSA) is 200 Å². The number of fused-ring (bicyclic) bond motifs is 2. The number of ether oxygens (including phenoxy) is 1. The summed E-state index contributed by atoms with van der Waals surface area (Å²) in [7, 11) is 0. The predicted octanol–water partition coefficient (Wildman–Crippen LogP) is 10.1. The van der Waals surface area contributed by atoms with Crippen molar-refractivity contribution in [3.05, 3.63) is 64.7 Å². The summed E-state index contributed by atoms with van der Waals surface area (Å²) in [6.45, 7) is 15.6. The minimum absolute atomic E-state index is 0.00659. The van der Waals surface area contributed by atoms with E-state index >= 15 is 0 Å². The van der Waals surface area contributed by atoms with Crippen molar-refractivity contribution < 1.29 is 27.7 Å². The summed E-state index contributed by atoms with van der Waals surface area (Å²) >= 11 is 11.1. The molecular weight excluding hydrogens is 990 g/mol. The van der Waals surface area contributed by atoms with Crippen molar-refractivity contribution in [1.29, 1.82) is 0 Å². The largest absolute Gasteiger partial charge is 0.466 e. The summed E-state index contributed by atoms with van der Waals surface area (Å²) < 4.78 is 48.6. The molecule has 0 unspecified atom stereocenters. The molecule has 368 valence electrons. The van der Waals surface area contributed by atoms with E-state index in [1.807, 2.05) is 33.3 Å². The number of hydrogen-bond donors (Lipinski definition) is 1. The van der Waals surface area contributed by atoms with Crippen molar-refractivity contribution in [1.82, 2.24) is 59.4 Å². The molecule has 25 heteroatoms. The molecule has 0 bridgehead atoms. The van der Waals surface area contributed by atoms with Crippen LogP contribution in [0.3, 0.4) is 0 Å². The number of aliphatic hydroxyl groups is 1. The number of thioether (sulfide) groups is 2. The number of imidazole rings is 2. The third-order valence-corrected chi connectivity index (χ3v) is 14.9. The van der Waals surface area contributed by atoms with Crippen LogP contribution in [0, 0.1) is 23.7 Å². The van der Waals surface area contributed by atoms with Gasteiger partial charge < -0.3 is 28.7 Å². The van der Waals surface area contributed by atoms with E-state index in [9.17, 15) is 13.9 Å². The fourth-order valence-electron chi connectivity index (χ4n) is 7.68. The zero-order valence-corrected chi connectivity index (χ0v) is 43.3. The Morgan fingerprint density at radius 1 is 0.667 bits per heavy atom. The average Bonchev–Trinajstić information content (AvgIpc) is 4.21. The molecule has 2 aliphatic rings. The van der Waals surface area contributed by atoms with Crippen LogP contribution in [0.1, 0.15) is 90.7 Å². The molecule has 69 heavy (non-hydrogen) atoms. The van der Waals surface area contributed by atoms with Gasteiger partial charge in [0.15, 0.2) is 11.6 Å². The van der Waals surface area contributed by atoms with Gasteiger partial charge in [-0.15, -0.1) is 33.7 Å². The Labute approximate surface area is 418 Å². The zero-order chi connectivity index (χ0) is 48.9. The van der Waals surface area contributed by atoms with E-state index in [2.05, 4.69) is 81.0 Å². The number of halogens is 3. The van der Waals surface area contributed by atoms with Gasteiger partial charge in [0.2, 0.25) is 26.3 Å². The minimum Gasteiger partial charge on any atom is -0.466 e. The van der Waals surface area contributed by atoms with Crippen molar-refractivity contribution in [3.63, 3.8) is 0 Å². The SMILES string of the molecule is CC(C)c1noc(N2CCC([C@H](C)O)CC2)n1.CSc1ccc(-c2cn3nc(Cl)sc3n2)c(F)n1.CSc1ccc(-c2cn3nc(O[C@H](C)C4CCN(c5nc(C(C)C)no5)CC4)sc3n2)c(F)n1. The van der Waals surface area contributed by atoms with Crippen LogP contribution in [0.2, 0.25) is 4.47 Å². The van der Waals surface area contributed by atoms with E-state index in [-0.39, 0.29) is 18.1 Å². The van der Waals surface area contributed by atoms with Gasteiger partial charge in [0.1, 0.15) is 6.10 Å². The molecule has 8 aromatic rings. The number of aromatic nitrogens is 12. The molecule has 0 radical (unpaired) electrons. The van der Waals surface area contributed by atoms with Gasteiger partial charge in [-0.1, -0.05) is 49.3 Å². The van der Waals surface area contributed by atoms with E-state index in [1.165, 1.54) is 50.7 Å². The van der Waals surface area contributed by atoms with Crippen LogP contribution < -0.4 is 14.5 Å². The quantitative estimate of drug-likeness (QED) is 0.0894. The monoisotopic (exact) mass is 1040 g/mol. The molecule has 10 heterocycles. The van der Waals surface area contributed by atoms with Crippen molar-refractivity contribution in [3.8, 4) is 27.7 Å². The molecule has 0 aliphatic carbocycles. The van der Waals surface area contributed by atoms with Crippen LogP contribution in [0.25, 0.3) is 32.4 Å². The first-order valence-corrected chi connectivity index (χ1v) is 26.9. The number of nitrogens with zero attached hydrogens (tertiary/aromatic N) is 14. The van der Waals surface area contributed by atoms with Crippen molar-refractivity contribution >= 4 is 79.7 Å². The third-order valence-electron chi connectivity index (χ3n) is 11.8. The molecule has 2 saturated heterocycles. The second-order valence-electron chi connectivity index (χ2n) is 17.2. The molecule has 2 atom stereocenters. The van der Waals surface area contributed by atoms with Crippen LogP contribution in [0.4, 0.5) is 20.8 Å². The number of pyridine rings is 2. The molecule has 2 fully saturated rings. The van der Waals surface area contributed by atoms with Gasteiger partial charge in [0, 0.05) is 38.0 Å².